The van der Waals surface area contributed by atoms with Crippen molar-refractivity contribution in [3.63, 3.8) is 0 Å². The SMILES string of the molecule is Cn1ncc(C(Cc2ccc(Cl)cc2)NN)c1N. The number of hydrogen-bond acceptors (Lipinski definition) is 4. The van der Waals surface area contributed by atoms with Crippen molar-refractivity contribution in [2.75, 3.05) is 5.73 Å². The van der Waals surface area contributed by atoms with Crippen LogP contribution in [0.4, 0.5) is 5.82 Å². The van der Waals surface area contributed by atoms with E-state index < -0.39 is 0 Å². The zero-order valence-electron chi connectivity index (χ0n) is 10.1. The number of nitrogens with two attached hydrogens (primary N) is 2. The first-order chi connectivity index (χ1) is 8.61. The monoisotopic (exact) mass is 265 g/mol. The number of hydrogen-bond donors (Lipinski definition) is 3. The second kappa shape index (κ2) is 5.39. The number of benzene rings is 1. The zero-order valence-corrected chi connectivity index (χ0v) is 10.9. The average Bonchev–Trinajstić information content (AvgIpc) is 2.70. The molecule has 1 aromatic carbocycles. The maximum atomic E-state index is 5.94. The number of nitrogens with one attached hydrogen (secondary N) is 1. The minimum Gasteiger partial charge on any atom is -0.384 e. The number of rotatable bonds is 4. The van der Waals surface area contributed by atoms with Gasteiger partial charge in [0.05, 0.1) is 12.2 Å². The highest BCUT2D eigenvalue weighted by atomic mass is 35.5. The van der Waals surface area contributed by atoms with E-state index in [0.717, 1.165) is 22.6 Å². The highest BCUT2D eigenvalue weighted by Crippen LogP contribution is 2.23. The summed E-state index contributed by atoms with van der Waals surface area (Å²) in [4.78, 5) is 0. The molecule has 6 heteroatoms. The van der Waals surface area contributed by atoms with E-state index in [1.807, 2.05) is 24.3 Å². The minimum absolute atomic E-state index is 0.0696. The van der Waals surface area contributed by atoms with Gasteiger partial charge in [-0.05, 0) is 24.1 Å². The molecule has 2 aromatic rings. The second-order valence-electron chi connectivity index (χ2n) is 4.16. The third kappa shape index (κ3) is 2.64. The van der Waals surface area contributed by atoms with Crippen molar-refractivity contribution in [2.24, 2.45) is 12.9 Å². The summed E-state index contributed by atoms with van der Waals surface area (Å²) in [5.74, 6) is 6.21. The Bertz CT molecular complexity index is 520. The predicted octanol–water partition coefficient (Wildman–Crippen LogP) is 1.40. The van der Waals surface area contributed by atoms with E-state index in [1.54, 1.807) is 17.9 Å². The summed E-state index contributed by atoms with van der Waals surface area (Å²) in [7, 11) is 1.80. The molecule has 0 radical (unpaired) electrons. The van der Waals surface area contributed by atoms with Gasteiger partial charge in [0.15, 0.2) is 0 Å². The van der Waals surface area contributed by atoms with Gasteiger partial charge in [-0.25, -0.2) is 0 Å². The number of aryl methyl sites for hydroxylation is 1. The van der Waals surface area contributed by atoms with Gasteiger partial charge in [0, 0.05) is 17.6 Å². The second-order valence-corrected chi connectivity index (χ2v) is 4.60. The summed E-state index contributed by atoms with van der Waals surface area (Å²) >= 11 is 5.85. The van der Waals surface area contributed by atoms with Crippen LogP contribution in [-0.4, -0.2) is 9.78 Å². The normalized spacial score (nSPS) is 12.6. The molecular weight excluding hydrogens is 250 g/mol. The Labute approximate surface area is 111 Å². The van der Waals surface area contributed by atoms with Crippen molar-refractivity contribution < 1.29 is 0 Å². The number of nitrogens with zero attached hydrogens (tertiary/aromatic N) is 2. The Morgan fingerprint density at radius 2 is 2.06 bits per heavy atom. The molecule has 0 aliphatic carbocycles. The number of halogens is 1. The summed E-state index contributed by atoms with van der Waals surface area (Å²) < 4.78 is 1.63. The van der Waals surface area contributed by atoms with Gasteiger partial charge in [-0.3, -0.25) is 16.0 Å². The van der Waals surface area contributed by atoms with E-state index in [-0.39, 0.29) is 6.04 Å². The van der Waals surface area contributed by atoms with Crippen molar-refractivity contribution in [1.82, 2.24) is 15.2 Å². The Morgan fingerprint density at radius 3 is 2.56 bits per heavy atom. The minimum atomic E-state index is -0.0696. The first kappa shape index (κ1) is 12.9. The van der Waals surface area contributed by atoms with Crippen molar-refractivity contribution in [3.8, 4) is 0 Å². The maximum absolute atomic E-state index is 5.94. The van der Waals surface area contributed by atoms with Gasteiger partial charge in [-0.1, -0.05) is 23.7 Å². The van der Waals surface area contributed by atoms with E-state index in [4.69, 9.17) is 23.2 Å². The molecule has 0 aliphatic heterocycles. The van der Waals surface area contributed by atoms with Crippen molar-refractivity contribution in [3.05, 3.63) is 46.6 Å². The van der Waals surface area contributed by atoms with Crippen LogP contribution in [0.15, 0.2) is 30.5 Å². The summed E-state index contributed by atoms with van der Waals surface area (Å²) in [6.07, 6.45) is 2.46. The predicted molar refractivity (Wildman–Crippen MR) is 72.8 cm³/mol. The van der Waals surface area contributed by atoms with Gasteiger partial charge >= 0.3 is 0 Å². The van der Waals surface area contributed by atoms with Crippen molar-refractivity contribution >= 4 is 17.4 Å². The van der Waals surface area contributed by atoms with Gasteiger partial charge in [-0.15, -0.1) is 0 Å². The molecule has 0 amide bonds. The number of aromatic nitrogens is 2. The Kier molecular flexibility index (Phi) is 3.86. The molecule has 5 nitrogen and oxygen atoms in total. The third-order valence-electron chi connectivity index (χ3n) is 2.94. The van der Waals surface area contributed by atoms with E-state index >= 15 is 0 Å². The Balaban J connectivity index is 2.19. The van der Waals surface area contributed by atoms with Gasteiger partial charge in [0.1, 0.15) is 5.82 Å². The summed E-state index contributed by atoms with van der Waals surface area (Å²) in [6.45, 7) is 0. The van der Waals surface area contributed by atoms with Crippen molar-refractivity contribution in [2.45, 2.75) is 12.5 Å². The summed E-state index contributed by atoms with van der Waals surface area (Å²) in [6, 6.07) is 7.59. The van der Waals surface area contributed by atoms with Gasteiger partial charge < -0.3 is 5.73 Å². The lowest BCUT2D eigenvalue weighted by Crippen LogP contribution is -2.30. The fraction of sp³-hybridized carbons (Fsp3) is 0.250. The quantitative estimate of drug-likeness (QED) is 0.577. The number of anilines is 1. The smallest absolute Gasteiger partial charge is 0.126 e. The molecule has 0 saturated carbocycles. The molecule has 1 unspecified atom stereocenters. The lowest BCUT2D eigenvalue weighted by molar-refractivity contribution is 0.553. The van der Waals surface area contributed by atoms with E-state index in [1.165, 1.54) is 0 Å². The van der Waals surface area contributed by atoms with Crippen LogP contribution in [-0.2, 0) is 13.5 Å². The number of nitrogen functional groups attached to an aromatic ring is 1. The number of hydrazine groups is 1. The van der Waals surface area contributed by atoms with Crippen LogP contribution < -0.4 is 17.0 Å². The van der Waals surface area contributed by atoms with Crippen LogP contribution in [0.25, 0.3) is 0 Å². The van der Waals surface area contributed by atoms with E-state index in [2.05, 4.69) is 10.5 Å². The van der Waals surface area contributed by atoms with Crippen molar-refractivity contribution in [1.29, 1.82) is 0 Å². The van der Waals surface area contributed by atoms with E-state index in [0.29, 0.717) is 5.82 Å². The molecule has 0 bridgehead atoms. The molecule has 0 fully saturated rings. The van der Waals surface area contributed by atoms with Crippen LogP contribution in [0, 0.1) is 0 Å². The highest BCUT2D eigenvalue weighted by Gasteiger charge is 2.16. The molecule has 96 valence electrons. The lowest BCUT2D eigenvalue weighted by Gasteiger charge is -2.15. The Morgan fingerprint density at radius 1 is 1.39 bits per heavy atom. The van der Waals surface area contributed by atoms with Gasteiger partial charge in [-0.2, -0.15) is 5.10 Å². The standard InChI is InChI=1S/C12H16ClN5/c1-18-12(14)10(7-16-18)11(17-15)6-8-2-4-9(13)5-3-8/h2-5,7,11,17H,6,14-15H2,1H3. The zero-order chi connectivity index (χ0) is 13.1. The molecule has 18 heavy (non-hydrogen) atoms. The fourth-order valence-corrected chi connectivity index (χ4v) is 1.97. The van der Waals surface area contributed by atoms with Crippen LogP contribution in [0.5, 0.6) is 0 Å². The van der Waals surface area contributed by atoms with Crippen LogP contribution >= 0.6 is 11.6 Å². The van der Waals surface area contributed by atoms with E-state index in [9.17, 15) is 0 Å². The molecule has 0 saturated heterocycles. The van der Waals surface area contributed by atoms with Crippen LogP contribution in [0.1, 0.15) is 17.2 Å². The van der Waals surface area contributed by atoms with Crippen LogP contribution in [0.2, 0.25) is 5.02 Å². The molecule has 2 rings (SSSR count). The molecule has 0 spiro atoms. The first-order valence-electron chi connectivity index (χ1n) is 5.59. The van der Waals surface area contributed by atoms with Gasteiger partial charge in [0.2, 0.25) is 0 Å². The Hall–Kier alpha value is -1.56. The third-order valence-corrected chi connectivity index (χ3v) is 3.20. The highest BCUT2D eigenvalue weighted by molar-refractivity contribution is 6.30. The topological polar surface area (TPSA) is 81.9 Å². The molecule has 1 heterocycles. The van der Waals surface area contributed by atoms with Crippen LogP contribution in [0.3, 0.4) is 0 Å². The lowest BCUT2D eigenvalue weighted by atomic mass is 10.0. The summed E-state index contributed by atoms with van der Waals surface area (Å²) in [5, 5.41) is 4.84. The molecule has 0 aliphatic rings. The largest absolute Gasteiger partial charge is 0.384 e. The molecule has 5 N–H and O–H groups in total. The summed E-state index contributed by atoms with van der Waals surface area (Å²) in [5.41, 5.74) is 10.7. The first-order valence-corrected chi connectivity index (χ1v) is 5.97. The molecule has 1 atom stereocenters. The molecular formula is C12H16ClN5. The fourth-order valence-electron chi connectivity index (χ4n) is 1.85. The average molecular weight is 266 g/mol. The van der Waals surface area contributed by atoms with Gasteiger partial charge in [0.25, 0.3) is 0 Å². The maximum Gasteiger partial charge on any atom is 0.126 e. The molecule has 1 aromatic heterocycles.